The standard InChI is InChI=1S/C32H47N7O3/c1-21-7-8-22(2)38(21)15-5-6-27(33)32(41)39-20-25(16-23-9-12-26(42-4)13-10-23)18-30(39)31(40)34-19-24-11-14-29-28(17-24)35-36-37(29)3/h9-10,12-13,17,21-22,25,27,30H,5-8,11,14-16,18-20,33H2,1-4H3,(H,34,40)/t21?,22?,25-,27?,30?/m0/s1. The van der Waals surface area contributed by atoms with Crippen molar-refractivity contribution in [1.82, 2.24) is 30.1 Å². The average Bonchev–Trinajstić information content (AvgIpc) is 3.68. The van der Waals surface area contributed by atoms with Gasteiger partial charge in [-0.25, -0.2) is 0 Å². The Labute approximate surface area is 249 Å². The van der Waals surface area contributed by atoms with Gasteiger partial charge in [-0.05, 0) is 107 Å². The number of benzene rings is 1. The molecule has 2 aromatic rings. The normalized spacial score (nSPS) is 24.8. The summed E-state index contributed by atoms with van der Waals surface area (Å²) in [5.41, 5.74) is 10.8. The van der Waals surface area contributed by atoms with Gasteiger partial charge >= 0.3 is 0 Å². The van der Waals surface area contributed by atoms with Gasteiger partial charge in [-0.3, -0.25) is 19.2 Å². The van der Waals surface area contributed by atoms with Crippen molar-refractivity contribution in [3.8, 4) is 5.75 Å². The number of nitrogens with zero attached hydrogens (tertiary/aromatic N) is 5. The van der Waals surface area contributed by atoms with Crippen molar-refractivity contribution < 1.29 is 14.3 Å². The van der Waals surface area contributed by atoms with Crippen molar-refractivity contribution in [2.75, 3.05) is 26.7 Å². The number of ether oxygens (including phenoxy) is 1. The molecule has 0 saturated carbocycles. The predicted octanol–water partition coefficient (Wildman–Crippen LogP) is 2.71. The molecule has 228 valence electrons. The Morgan fingerprint density at radius 3 is 2.60 bits per heavy atom. The summed E-state index contributed by atoms with van der Waals surface area (Å²) in [5, 5.41) is 11.5. The lowest BCUT2D eigenvalue weighted by molar-refractivity contribution is -0.139. The molecule has 4 unspecified atom stereocenters. The van der Waals surface area contributed by atoms with E-state index >= 15 is 0 Å². The summed E-state index contributed by atoms with van der Waals surface area (Å²) in [5.74, 6) is 0.760. The Kier molecular flexibility index (Phi) is 9.63. The van der Waals surface area contributed by atoms with Crippen molar-refractivity contribution in [2.24, 2.45) is 18.7 Å². The molecular formula is C32H47N7O3. The van der Waals surface area contributed by atoms with E-state index in [9.17, 15) is 9.59 Å². The maximum atomic E-state index is 13.7. The predicted molar refractivity (Wildman–Crippen MR) is 163 cm³/mol. The maximum absolute atomic E-state index is 13.7. The average molecular weight is 578 g/mol. The lowest BCUT2D eigenvalue weighted by Gasteiger charge is -2.28. The first kappa shape index (κ1) is 30.2. The van der Waals surface area contributed by atoms with Crippen LogP contribution in [0.15, 0.2) is 29.8 Å². The minimum Gasteiger partial charge on any atom is -0.497 e. The number of fused-ring (bicyclic) bond motifs is 1. The molecule has 1 aromatic heterocycles. The molecule has 0 bridgehead atoms. The smallest absolute Gasteiger partial charge is 0.243 e. The number of amides is 2. The van der Waals surface area contributed by atoms with Gasteiger partial charge in [0.05, 0.1) is 18.8 Å². The number of hydrogen-bond donors (Lipinski definition) is 2. The van der Waals surface area contributed by atoms with Crippen LogP contribution in [0.3, 0.4) is 0 Å². The van der Waals surface area contributed by atoms with Gasteiger partial charge in [0.2, 0.25) is 11.8 Å². The van der Waals surface area contributed by atoms with Gasteiger partial charge in [0, 0.05) is 32.2 Å². The first-order valence-electron chi connectivity index (χ1n) is 15.5. The molecule has 0 radical (unpaired) electrons. The van der Waals surface area contributed by atoms with E-state index in [-0.39, 0.29) is 17.7 Å². The molecule has 1 aliphatic carbocycles. The second-order valence-corrected chi connectivity index (χ2v) is 12.5. The molecule has 2 amide bonds. The topological polar surface area (TPSA) is 119 Å². The van der Waals surface area contributed by atoms with Crippen LogP contribution in [0.2, 0.25) is 0 Å². The van der Waals surface area contributed by atoms with E-state index in [1.54, 1.807) is 12.0 Å². The molecule has 0 spiro atoms. The van der Waals surface area contributed by atoms with Gasteiger partial charge in [0.1, 0.15) is 17.5 Å². The van der Waals surface area contributed by atoms with Crippen LogP contribution >= 0.6 is 0 Å². The van der Waals surface area contributed by atoms with Gasteiger partial charge in [0.25, 0.3) is 0 Å². The number of nitrogens with one attached hydrogen (secondary N) is 1. The molecule has 5 atom stereocenters. The lowest BCUT2D eigenvalue weighted by Crippen LogP contribution is -2.51. The molecule has 10 nitrogen and oxygen atoms in total. The van der Waals surface area contributed by atoms with Crippen LogP contribution < -0.4 is 15.8 Å². The van der Waals surface area contributed by atoms with Gasteiger partial charge in [-0.2, -0.15) is 0 Å². The van der Waals surface area contributed by atoms with Gasteiger partial charge in [-0.1, -0.05) is 17.3 Å². The van der Waals surface area contributed by atoms with E-state index in [2.05, 4.69) is 46.5 Å². The Morgan fingerprint density at radius 1 is 1.14 bits per heavy atom. The number of rotatable bonds is 11. The van der Waals surface area contributed by atoms with Crippen LogP contribution in [0.25, 0.3) is 6.08 Å². The monoisotopic (exact) mass is 577 g/mol. The van der Waals surface area contributed by atoms with Gasteiger partial charge in [0.15, 0.2) is 0 Å². The summed E-state index contributed by atoms with van der Waals surface area (Å²) in [6.07, 6.45) is 9.07. The molecule has 2 aliphatic heterocycles. The van der Waals surface area contributed by atoms with Crippen molar-refractivity contribution in [3.05, 3.63) is 46.8 Å². The quantitative estimate of drug-likeness (QED) is 0.422. The minimum atomic E-state index is -0.607. The Morgan fingerprint density at radius 2 is 1.88 bits per heavy atom. The summed E-state index contributed by atoms with van der Waals surface area (Å²) >= 11 is 0. The summed E-state index contributed by atoms with van der Waals surface area (Å²) in [4.78, 5) is 31.6. The number of carbonyl (C=O) groups is 2. The SMILES string of the molecule is COc1ccc(C[C@H]2CC(C(=O)NCC3=Cc4nnn(C)c4CC3)N(C(=O)C(N)CCCN3C(C)CCC3C)C2)cc1. The van der Waals surface area contributed by atoms with E-state index in [1.165, 1.54) is 18.4 Å². The summed E-state index contributed by atoms with van der Waals surface area (Å²) in [7, 11) is 3.56. The number of aromatic nitrogens is 3. The largest absolute Gasteiger partial charge is 0.497 e. The molecule has 3 N–H and O–H groups in total. The van der Waals surface area contributed by atoms with E-state index in [4.69, 9.17) is 10.5 Å². The Hall–Kier alpha value is -3.24. The zero-order valence-corrected chi connectivity index (χ0v) is 25.6. The van der Waals surface area contributed by atoms with Crippen molar-refractivity contribution in [2.45, 2.75) is 89.4 Å². The van der Waals surface area contributed by atoms with Crippen LogP contribution in [0.5, 0.6) is 5.75 Å². The Balaban J connectivity index is 1.22. The van der Waals surface area contributed by atoms with E-state index < -0.39 is 12.1 Å². The number of likely N-dealkylation sites (tertiary alicyclic amines) is 2. The maximum Gasteiger partial charge on any atom is 0.243 e. The fourth-order valence-electron chi connectivity index (χ4n) is 6.97. The molecular weight excluding hydrogens is 530 g/mol. The second kappa shape index (κ2) is 13.4. The third-order valence-electron chi connectivity index (χ3n) is 9.53. The molecule has 3 aliphatic rings. The zero-order chi connectivity index (χ0) is 29.8. The van der Waals surface area contributed by atoms with Crippen LogP contribution in [-0.2, 0) is 29.5 Å². The summed E-state index contributed by atoms with van der Waals surface area (Å²) in [6, 6.07) is 8.05. The minimum absolute atomic E-state index is 0.113. The molecule has 42 heavy (non-hydrogen) atoms. The number of aryl methyl sites for hydroxylation is 1. The first-order valence-corrected chi connectivity index (χ1v) is 15.5. The van der Waals surface area contributed by atoms with Crippen molar-refractivity contribution in [1.29, 1.82) is 0 Å². The van der Waals surface area contributed by atoms with Crippen LogP contribution in [0.1, 0.15) is 69.3 Å². The first-order chi connectivity index (χ1) is 20.2. The van der Waals surface area contributed by atoms with E-state index in [0.29, 0.717) is 38.0 Å². The molecule has 1 aromatic carbocycles. The molecule has 2 saturated heterocycles. The number of nitrogens with two attached hydrogens (primary N) is 1. The molecule has 2 fully saturated rings. The third kappa shape index (κ3) is 6.86. The Bertz CT molecular complexity index is 1260. The number of methoxy groups -OCH3 is 1. The highest BCUT2D eigenvalue weighted by atomic mass is 16.5. The van der Waals surface area contributed by atoms with Gasteiger partial charge < -0.3 is 20.7 Å². The van der Waals surface area contributed by atoms with Crippen molar-refractivity contribution in [3.63, 3.8) is 0 Å². The second-order valence-electron chi connectivity index (χ2n) is 12.5. The zero-order valence-electron chi connectivity index (χ0n) is 25.6. The lowest BCUT2D eigenvalue weighted by atomic mass is 9.96. The third-order valence-corrected chi connectivity index (χ3v) is 9.53. The van der Waals surface area contributed by atoms with E-state index in [0.717, 1.165) is 54.9 Å². The fraction of sp³-hybridized carbons (Fsp3) is 0.625. The highest BCUT2D eigenvalue weighted by Crippen LogP contribution is 2.29. The highest BCUT2D eigenvalue weighted by Gasteiger charge is 2.41. The fourth-order valence-corrected chi connectivity index (χ4v) is 6.97. The molecule has 10 heteroatoms. The van der Waals surface area contributed by atoms with Crippen LogP contribution in [-0.4, -0.2) is 87.5 Å². The van der Waals surface area contributed by atoms with Crippen LogP contribution in [0, 0.1) is 5.92 Å². The van der Waals surface area contributed by atoms with Gasteiger partial charge in [-0.15, -0.1) is 5.10 Å². The molecule has 3 heterocycles. The summed E-state index contributed by atoms with van der Waals surface area (Å²) in [6.45, 7) is 6.48. The number of carbonyl (C=O) groups excluding carboxylic acids is 2. The van der Waals surface area contributed by atoms with E-state index in [1.807, 2.05) is 29.9 Å². The number of hydrogen-bond acceptors (Lipinski definition) is 7. The summed E-state index contributed by atoms with van der Waals surface area (Å²) < 4.78 is 7.11. The highest BCUT2D eigenvalue weighted by molar-refractivity contribution is 5.90. The molecule has 5 rings (SSSR count). The van der Waals surface area contributed by atoms with Crippen molar-refractivity contribution >= 4 is 17.9 Å². The van der Waals surface area contributed by atoms with Crippen LogP contribution in [0.4, 0.5) is 0 Å².